The Hall–Kier alpha value is -1.41. The molecule has 2 aromatic rings. The zero-order valence-electron chi connectivity index (χ0n) is 11.3. The summed E-state index contributed by atoms with van der Waals surface area (Å²) in [5.41, 5.74) is 8.55. The van der Waals surface area contributed by atoms with Crippen molar-refractivity contribution < 1.29 is 0 Å². The van der Waals surface area contributed by atoms with Gasteiger partial charge in [-0.1, -0.05) is 38.8 Å². The fraction of sp³-hybridized carbons (Fsp3) is 0.438. The molecular weight excluding hydrogens is 220 g/mol. The molecule has 18 heavy (non-hydrogen) atoms. The fourth-order valence-electron chi connectivity index (χ4n) is 2.50. The van der Waals surface area contributed by atoms with E-state index in [0.29, 0.717) is 5.92 Å². The Morgan fingerprint density at radius 3 is 2.89 bits per heavy atom. The van der Waals surface area contributed by atoms with Gasteiger partial charge in [0, 0.05) is 17.6 Å². The summed E-state index contributed by atoms with van der Waals surface area (Å²) in [4.78, 5) is 4.33. The molecule has 1 aromatic carbocycles. The SMILES string of the molecule is CCCC(C)CC(N)c1ccc2ncccc2c1. The largest absolute Gasteiger partial charge is 0.324 e. The average Bonchev–Trinajstić information content (AvgIpc) is 2.38. The van der Waals surface area contributed by atoms with Crippen LogP contribution in [0.25, 0.3) is 10.9 Å². The Bertz CT molecular complexity index is 507. The summed E-state index contributed by atoms with van der Waals surface area (Å²) in [7, 11) is 0. The molecule has 0 aliphatic carbocycles. The van der Waals surface area contributed by atoms with Gasteiger partial charge in [0.1, 0.15) is 0 Å². The summed E-state index contributed by atoms with van der Waals surface area (Å²) in [6.45, 7) is 4.51. The van der Waals surface area contributed by atoms with Gasteiger partial charge in [-0.15, -0.1) is 0 Å². The Morgan fingerprint density at radius 1 is 1.28 bits per heavy atom. The third-order valence-corrected chi connectivity index (χ3v) is 3.49. The number of hydrogen-bond donors (Lipinski definition) is 1. The van der Waals surface area contributed by atoms with Crippen LogP contribution >= 0.6 is 0 Å². The minimum atomic E-state index is 0.135. The fourth-order valence-corrected chi connectivity index (χ4v) is 2.50. The van der Waals surface area contributed by atoms with Gasteiger partial charge in [-0.3, -0.25) is 4.98 Å². The van der Waals surface area contributed by atoms with E-state index in [0.717, 1.165) is 11.9 Å². The van der Waals surface area contributed by atoms with E-state index in [4.69, 9.17) is 5.73 Å². The molecule has 0 aliphatic rings. The number of nitrogens with two attached hydrogens (primary N) is 1. The Labute approximate surface area is 109 Å². The van der Waals surface area contributed by atoms with E-state index in [2.05, 4.69) is 43.1 Å². The summed E-state index contributed by atoms with van der Waals surface area (Å²) in [6.07, 6.45) is 5.36. The van der Waals surface area contributed by atoms with E-state index in [9.17, 15) is 0 Å². The molecule has 0 radical (unpaired) electrons. The van der Waals surface area contributed by atoms with Gasteiger partial charge in [-0.05, 0) is 36.1 Å². The van der Waals surface area contributed by atoms with Crippen LogP contribution < -0.4 is 5.73 Å². The third kappa shape index (κ3) is 3.08. The number of nitrogens with zero attached hydrogens (tertiary/aromatic N) is 1. The van der Waals surface area contributed by atoms with E-state index >= 15 is 0 Å². The lowest BCUT2D eigenvalue weighted by Gasteiger charge is -2.17. The second kappa shape index (κ2) is 5.96. The van der Waals surface area contributed by atoms with Crippen molar-refractivity contribution in [3.63, 3.8) is 0 Å². The molecule has 0 saturated heterocycles. The molecule has 0 saturated carbocycles. The van der Waals surface area contributed by atoms with Crippen molar-refractivity contribution in [2.75, 3.05) is 0 Å². The van der Waals surface area contributed by atoms with Crippen molar-refractivity contribution in [2.24, 2.45) is 11.7 Å². The summed E-state index contributed by atoms with van der Waals surface area (Å²) >= 11 is 0. The maximum atomic E-state index is 6.30. The predicted molar refractivity (Wildman–Crippen MR) is 77.4 cm³/mol. The smallest absolute Gasteiger partial charge is 0.0702 e. The number of aromatic nitrogens is 1. The van der Waals surface area contributed by atoms with Crippen molar-refractivity contribution in [2.45, 2.75) is 39.2 Å². The van der Waals surface area contributed by atoms with E-state index in [1.807, 2.05) is 12.3 Å². The first-order valence-electron chi connectivity index (χ1n) is 6.81. The lowest BCUT2D eigenvalue weighted by atomic mass is 9.93. The highest BCUT2D eigenvalue weighted by Crippen LogP contribution is 2.24. The van der Waals surface area contributed by atoms with Gasteiger partial charge in [0.25, 0.3) is 0 Å². The summed E-state index contributed by atoms with van der Waals surface area (Å²) in [5.74, 6) is 0.689. The summed E-state index contributed by atoms with van der Waals surface area (Å²) in [5, 5.41) is 1.17. The van der Waals surface area contributed by atoms with Gasteiger partial charge in [-0.2, -0.15) is 0 Å². The highest BCUT2D eigenvalue weighted by Gasteiger charge is 2.11. The minimum absolute atomic E-state index is 0.135. The molecule has 2 N–H and O–H groups in total. The van der Waals surface area contributed by atoms with Crippen LogP contribution in [0.4, 0.5) is 0 Å². The summed E-state index contributed by atoms with van der Waals surface area (Å²) in [6, 6.07) is 10.5. The van der Waals surface area contributed by atoms with Crippen LogP contribution in [-0.2, 0) is 0 Å². The summed E-state index contributed by atoms with van der Waals surface area (Å²) < 4.78 is 0. The normalized spacial score (nSPS) is 14.6. The van der Waals surface area contributed by atoms with E-state index < -0.39 is 0 Å². The van der Waals surface area contributed by atoms with Gasteiger partial charge in [0.05, 0.1) is 5.52 Å². The molecular formula is C16H22N2. The van der Waals surface area contributed by atoms with Crippen LogP contribution in [0.3, 0.4) is 0 Å². The maximum absolute atomic E-state index is 6.30. The van der Waals surface area contributed by atoms with Gasteiger partial charge >= 0.3 is 0 Å². The quantitative estimate of drug-likeness (QED) is 0.858. The molecule has 1 aromatic heterocycles. The van der Waals surface area contributed by atoms with Gasteiger partial charge in [0.15, 0.2) is 0 Å². The van der Waals surface area contributed by atoms with Crippen LogP contribution in [0.1, 0.15) is 44.7 Å². The number of benzene rings is 1. The molecule has 96 valence electrons. The monoisotopic (exact) mass is 242 g/mol. The van der Waals surface area contributed by atoms with Crippen molar-refractivity contribution in [1.29, 1.82) is 0 Å². The van der Waals surface area contributed by atoms with Gasteiger partial charge in [-0.25, -0.2) is 0 Å². The van der Waals surface area contributed by atoms with Crippen molar-refractivity contribution in [1.82, 2.24) is 4.98 Å². The molecule has 0 amide bonds. The second-order valence-electron chi connectivity index (χ2n) is 5.19. The van der Waals surface area contributed by atoms with Crippen LogP contribution in [0.2, 0.25) is 0 Å². The zero-order valence-corrected chi connectivity index (χ0v) is 11.3. The van der Waals surface area contributed by atoms with Gasteiger partial charge in [0.2, 0.25) is 0 Å². The zero-order chi connectivity index (χ0) is 13.0. The van der Waals surface area contributed by atoms with Gasteiger partial charge < -0.3 is 5.73 Å². The Balaban J connectivity index is 2.15. The molecule has 0 spiro atoms. The lowest BCUT2D eigenvalue weighted by Crippen LogP contribution is -2.14. The molecule has 2 heteroatoms. The van der Waals surface area contributed by atoms with Crippen LogP contribution in [0.15, 0.2) is 36.5 Å². The second-order valence-corrected chi connectivity index (χ2v) is 5.19. The molecule has 2 atom stereocenters. The topological polar surface area (TPSA) is 38.9 Å². The lowest BCUT2D eigenvalue weighted by molar-refractivity contribution is 0.440. The van der Waals surface area contributed by atoms with E-state index in [1.54, 1.807) is 0 Å². The minimum Gasteiger partial charge on any atom is -0.324 e. The van der Waals surface area contributed by atoms with Crippen LogP contribution in [-0.4, -0.2) is 4.98 Å². The highest BCUT2D eigenvalue weighted by atomic mass is 14.7. The standard InChI is InChI=1S/C16H22N2/c1-3-5-12(2)10-15(17)13-7-8-16-14(11-13)6-4-9-18-16/h4,6-9,11-12,15H,3,5,10,17H2,1-2H3. The first-order valence-corrected chi connectivity index (χ1v) is 6.81. The molecule has 0 fully saturated rings. The first-order chi connectivity index (χ1) is 8.70. The molecule has 2 nitrogen and oxygen atoms in total. The number of fused-ring (bicyclic) bond motifs is 1. The number of pyridine rings is 1. The first kappa shape index (κ1) is 13.0. The van der Waals surface area contributed by atoms with Crippen molar-refractivity contribution in [3.8, 4) is 0 Å². The average molecular weight is 242 g/mol. The Kier molecular flexibility index (Phi) is 4.32. The molecule has 2 rings (SSSR count). The predicted octanol–water partition coefficient (Wildman–Crippen LogP) is 4.06. The highest BCUT2D eigenvalue weighted by molar-refractivity contribution is 5.79. The Morgan fingerprint density at radius 2 is 2.11 bits per heavy atom. The van der Waals surface area contributed by atoms with E-state index in [-0.39, 0.29) is 6.04 Å². The van der Waals surface area contributed by atoms with Crippen LogP contribution in [0, 0.1) is 5.92 Å². The van der Waals surface area contributed by atoms with Crippen molar-refractivity contribution in [3.05, 3.63) is 42.1 Å². The number of hydrogen-bond acceptors (Lipinski definition) is 2. The third-order valence-electron chi connectivity index (χ3n) is 3.49. The molecule has 2 unspecified atom stereocenters. The molecule has 1 heterocycles. The number of rotatable bonds is 5. The van der Waals surface area contributed by atoms with E-state index in [1.165, 1.54) is 23.8 Å². The molecule has 0 bridgehead atoms. The maximum Gasteiger partial charge on any atom is 0.0702 e. The molecule has 0 aliphatic heterocycles. The van der Waals surface area contributed by atoms with Crippen LogP contribution in [0.5, 0.6) is 0 Å². The van der Waals surface area contributed by atoms with Crippen molar-refractivity contribution >= 4 is 10.9 Å².